The monoisotopic (exact) mass is 163 g/mol. The number of rotatable bonds is 3. The molecule has 2 heteroatoms. The molecule has 2 nitrogen and oxygen atoms in total. The molecule has 0 aliphatic heterocycles. The van der Waals surface area contributed by atoms with Crippen molar-refractivity contribution in [1.82, 2.24) is 4.98 Å². The van der Waals surface area contributed by atoms with Crippen LogP contribution in [-0.2, 0) is 4.74 Å². The third kappa shape index (κ3) is 1.84. The van der Waals surface area contributed by atoms with Crippen LogP contribution in [0.2, 0.25) is 0 Å². The quantitative estimate of drug-likeness (QED) is 0.638. The molecule has 64 valence electrons. The van der Waals surface area contributed by atoms with Crippen molar-refractivity contribution in [3.05, 3.63) is 36.2 Å². The first kappa shape index (κ1) is 8.78. The molecule has 1 aromatic heterocycles. The maximum absolute atomic E-state index is 5.25. The van der Waals surface area contributed by atoms with E-state index < -0.39 is 0 Å². The predicted octanol–water partition coefficient (Wildman–Crippen LogP) is 2.40. The molecule has 0 bridgehead atoms. The lowest BCUT2D eigenvalue weighted by atomic mass is 10.2. The second kappa shape index (κ2) is 3.90. The van der Waals surface area contributed by atoms with Crippen LogP contribution in [0, 0.1) is 6.92 Å². The zero-order valence-corrected chi connectivity index (χ0v) is 7.50. The summed E-state index contributed by atoms with van der Waals surface area (Å²) in [5, 5.41) is 0. The van der Waals surface area contributed by atoms with Gasteiger partial charge >= 0.3 is 0 Å². The molecule has 0 aromatic carbocycles. The molecule has 0 amide bonds. The van der Waals surface area contributed by atoms with E-state index in [-0.39, 0.29) is 0 Å². The average Bonchev–Trinajstić information content (AvgIpc) is 2.05. The molecule has 0 saturated heterocycles. The van der Waals surface area contributed by atoms with E-state index in [1.54, 1.807) is 6.20 Å². The number of aryl methyl sites for hydroxylation is 1. The number of nitrogens with zero attached hydrogens (tertiary/aromatic N) is 1. The van der Waals surface area contributed by atoms with Gasteiger partial charge in [-0.15, -0.1) is 0 Å². The van der Waals surface area contributed by atoms with Gasteiger partial charge in [0.25, 0.3) is 0 Å². The fraction of sp³-hybridized carbons (Fsp3) is 0.300. The summed E-state index contributed by atoms with van der Waals surface area (Å²) in [6.07, 6.45) is 1.74. The molecule has 0 aliphatic rings. The first-order valence-corrected chi connectivity index (χ1v) is 3.99. The van der Waals surface area contributed by atoms with Gasteiger partial charge in [-0.25, -0.2) is 0 Å². The number of pyridine rings is 1. The van der Waals surface area contributed by atoms with Gasteiger partial charge in [0.05, 0.1) is 6.61 Å². The van der Waals surface area contributed by atoms with Gasteiger partial charge in [0.2, 0.25) is 0 Å². The van der Waals surface area contributed by atoms with Crippen molar-refractivity contribution in [3.63, 3.8) is 0 Å². The van der Waals surface area contributed by atoms with Gasteiger partial charge in [0, 0.05) is 6.20 Å². The standard InChI is InChI=1S/C10H13NO/c1-4-12-9(3)10-8(2)6-5-7-11-10/h5-7H,3-4H2,1-2H3. The first-order chi connectivity index (χ1) is 5.75. The Kier molecular flexibility index (Phi) is 2.86. The van der Waals surface area contributed by atoms with Gasteiger partial charge in [-0.3, -0.25) is 4.98 Å². The van der Waals surface area contributed by atoms with Crippen LogP contribution < -0.4 is 0 Å². The van der Waals surface area contributed by atoms with Gasteiger partial charge in [-0.1, -0.05) is 12.6 Å². The molecular formula is C10H13NO. The molecule has 1 heterocycles. The van der Waals surface area contributed by atoms with E-state index in [1.807, 2.05) is 26.0 Å². The average molecular weight is 163 g/mol. The molecule has 0 fully saturated rings. The van der Waals surface area contributed by atoms with E-state index >= 15 is 0 Å². The fourth-order valence-electron chi connectivity index (χ4n) is 1.02. The van der Waals surface area contributed by atoms with Crippen LogP contribution in [0.3, 0.4) is 0 Å². The molecular weight excluding hydrogens is 150 g/mol. The van der Waals surface area contributed by atoms with Crippen molar-refractivity contribution in [3.8, 4) is 0 Å². The summed E-state index contributed by atoms with van der Waals surface area (Å²) in [4.78, 5) is 4.17. The highest BCUT2D eigenvalue weighted by atomic mass is 16.5. The second-order valence-corrected chi connectivity index (χ2v) is 2.53. The maximum atomic E-state index is 5.25. The Labute approximate surface area is 72.9 Å². The minimum absolute atomic E-state index is 0.634. The molecule has 1 aromatic rings. The Morgan fingerprint density at radius 2 is 2.42 bits per heavy atom. The van der Waals surface area contributed by atoms with Crippen LogP contribution in [0.5, 0.6) is 0 Å². The van der Waals surface area contributed by atoms with Gasteiger partial charge in [-0.2, -0.15) is 0 Å². The molecule has 1 rings (SSSR count). The van der Waals surface area contributed by atoms with E-state index in [4.69, 9.17) is 4.74 Å². The number of aromatic nitrogens is 1. The van der Waals surface area contributed by atoms with Crippen molar-refractivity contribution in [2.24, 2.45) is 0 Å². The molecule has 0 unspecified atom stereocenters. The van der Waals surface area contributed by atoms with Crippen LogP contribution in [-0.4, -0.2) is 11.6 Å². The Morgan fingerprint density at radius 1 is 1.67 bits per heavy atom. The normalized spacial score (nSPS) is 9.50. The lowest BCUT2D eigenvalue weighted by Crippen LogP contribution is -1.95. The summed E-state index contributed by atoms with van der Waals surface area (Å²) in [5.74, 6) is 0.649. The molecule has 0 radical (unpaired) electrons. The van der Waals surface area contributed by atoms with Crippen molar-refractivity contribution in [1.29, 1.82) is 0 Å². The summed E-state index contributed by atoms with van der Waals surface area (Å²) in [6, 6.07) is 3.89. The SMILES string of the molecule is C=C(OCC)c1ncccc1C. The van der Waals surface area contributed by atoms with E-state index in [0.717, 1.165) is 11.3 Å². The maximum Gasteiger partial charge on any atom is 0.137 e. The lowest BCUT2D eigenvalue weighted by molar-refractivity contribution is 0.297. The van der Waals surface area contributed by atoms with Crippen LogP contribution in [0.15, 0.2) is 24.9 Å². The summed E-state index contributed by atoms with van der Waals surface area (Å²) in [6.45, 7) is 8.35. The minimum Gasteiger partial charge on any atom is -0.492 e. The Hall–Kier alpha value is -1.31. The predicted molar refractivity (Wildman–Crippen MR) is 49.6 cm³/mol. The van der Waals surface area contributed by atoms with Crippen molar-refractivity contribution in [2.45, 2.75) is 13.8 Å². The van der Waals surface area contributed by atoms with E-state index in [1.165, 1.54) is 0 Å². The van der Waals surface area contributed by atoms with Gasteiger partial charge in [0.1, 0.15) is 11.5 Å². The van der Waals surface area contributed by atoms with Gasteiger partial charge in [0.15, 0.2) is 0 Å². The summed E-state index contributed by atoms with van der Waals surface area (Å²) in [5.41, 5.74) is 1.94. The summed E-state index contributed by atoms with van der Waals surface area (Å²) in [7, 11) is 0. The molecule has 0 aliphatic carbocycles. The van der Waals surface area contributed by atoms with Crippen molar-refractivity contribution in [2.75, 3.05) is 6.61 Å². The largest absolute Gasteiger partial charge is 0.492 e. The lowest BCUT2D eigenvalue weighted by Gasteiger charge is -2.07. The number of ether oxygens (including phenoxy) is 1. The topological polar surface area (TPSA) is 22.1 Å². The minimum atomic E-state index is 0.634. The Morgan fingerprint density at radius 3 is 3.00 bits per heavy atom. The molecule has 0 N–H and O–H groups in total. The molecule has 12 heavy (non-hydrogen) atoms. The van der Waals surface area contributed by atoms with Gasteiger partial charge in [-0.05, 0) is 25.5 Å². The van der Waals surface area contributed by atoms with E-state index in [2.05, 4.69) is 11.6 Å². The highest BCUT2D eigenvalue weighted by molar-refractivity contribution is 5.56. The fourth-order valence-corrected chi connectivity index (χ4v) is 1.02. The zero-order chi connectivity index (χ0) is 8.97. The summed E-state index contributed by atoms with van der Waals surface area (Å²) >= 11 is 0. The third-order valence-corrected chi connectivity index (χ3v) is 1.59. The van der Waals surface area contributed by atoms with Crippen LogP contribution >= 0.6 is 0 Å². The van der Waals surface area contributed by atoms with Crippen LogP contribution in [0.1, 0.15) is 18.2 Å². The molecule has 0 spiro atoms. The van der Waals surface area contributed by atoms with E-state index in [9.17, 15) is 0 Å². The third-order valence-electron chi connectivity index (χ3n) is 1.59. The molecule has 0 atom stereocenters. The van der Waals surface area contributed by atoms with Crippen molar-refractivity contribution < 1.29 is 4.74 Å². The van der Waals surface area contributed by atoms with E-state index in [0.29, 0.717) is 12.4 Å². The Bertz CT molecular complexity index is 281. The highest BCUT2D eigenvalue weighted by Crippen LogP contribution is 2.14. The van der Waals surface area contributed by atoms with Crippen LogP contribution in [0.25, 0.3) is 5.76 Å². The molecule has 0 saturated carbocycles. The van der Waals surface area contributed by atoms with Crippen molar-refractivity contribution >= 4 is 5.76 Å². The van der Waals surface area contributed by atoms with Crippen LogP contribution in [0.4, 0.5) is 0 Å². The number of hydrogen-bond acceptors (Lipinski definition) is 2. The Balaban J connectivity index is 2.87. The number of hydrogen-bond donors (Lipinski definition) is 0. The zero-order valence-electron chi connectivity index (χ0n) is 7.50. The van der Waals surface area contributed by atoms with Gasteiger partial charge < -0.3 is 4.74 Å². The smallest absolute Gasteiger partial charge is 0.137 e. The second-order valence-electron chi connectivity index (χ2n) is 2.53. The first-order valence-electron chi connectivity index (χ1n) is 3.99. The highest BCUT2D eigenvalue weighted by Gasteiger charge is 2.02. The summed E-state index contributed by atoms with van der Waals surface area (Å²) < 4.78 is 5.25.